The van der Waals surface area contributed by atoms with Gasteiger partial charge in [-0.3, -0.25) is 14.5 Å². The molecule has 4 aromatic rings. The Kier molecular flexibility index (Phi) is 5.78. The van der Waals surface area contributed by atoms with Crippen LogP contribution in [0.1, 0.15) is 24.1 Å². The summed E-state index contributed by atoms with van der Waals surface area (Å²) in [4.78, 5) is 32.1. The average molecular weight is 493 g/mol. The van der Waals surface area contributed by atoms with E-state index in [0.717, 1.165) is 21.7 Å². The van der Waals surface area contributed by atoms with Gasteiger partial charge in [0.15, 0.2) is 5.13 Å². The molecular formula is C26H18F2N2O4S. The molecule has 1 fully saturated rings. The summed E-state index contributed by atoms with van der Waals surface area (Å²) in [6, 6.07) is 14.5. The molecule has 9 heteroatoms. The van der Waals surface area contributed by atoms with Gasteiger partial charge in [-0.25, -0.2) is 13.8 Å². The Morgan fingerprint density at radius 3 is 2.54 bits per heavy atom. The van der Waals surface area contributed by atoms with E-state index in [4.69, 9.17) is 4.74 Å². The number of fused-ring (bicyclic) bond motifs is 1. The topological polar surface area (TPSA) is 79.7 Å². The number of hydrogen-bond donors (Lipinski definition) is 1. The first-order valence-electron chi connectivity index (χ1n) is 10.7. The predicted octanol–water partition coefficient (Wildman–Crippen LogP) is 5.60. The first-order chi connectivity index (χ1) is 16.9. The fourth-order valence-electron chi connectivity index (χ4n) is 4.04. The average Bonchev–Trinajstić information content (AvgIpc) is 3.37. The predicted molar refractivity (Wildman–Crippen MR) is 128 cm³/mol. The number of anilines is 1. The fraction of sp³-hybridized carbons (Fsp3) is 0.115. The zero-order chi connectivity index (χ0) is 24.7. The van der Waals surface area contributed by atoms with E-state index in [1.54, 1.807) is 24.3 Å². The molecule has 1 aromatic heterocycles. The van der Waals surface area contributed by atoms with Crippen LogP contribution in [0.3, 0.4) is 0 Å². The number of aliphatic hydroxyl groups excluding tert-OH is 1. The van der Waals surface area contributed by atoms with Crippen molar-refractivity contribution in [1.82, 2.24) is 4.98 Å². The lowest BCUT2D eigenvalue weighted by molar-refractivity contribution is -0.132. The van der Waals surface area contributed by atoms with Gasteiger partial charge in [0.05, 0.1) is 28.4 Å². The number of carbonyl (C=O) groups excluding carboxylic acids is 2. The van der Waals surface area contributed by atoms with E-state index in [1.165, 1.54) is 41.7 Å². The van der Waals surface area contributed by atoms with Crippen LogP contribution in [0.2, 0.25) is 0 Å². The van der Waals surface area contributed by atoms with Crippen molar-refractivity contribution in [1.29, 1.82) is 0 Å². The summed E-state index contributed by atoms with van der Waals surface area (Å²) in [6.45, 7) is 2.34. The molecule has 0 spiro atoms. The van der Waals surface area contributed by atoms with Gasteiger partial charge in [-0.1, -0.05) is 23.5 Å². The third-order valence-corrected chi connectivity index (χ3v) is 6.61. The molecule has 6 nitrogen and oxygen atoms in total. The lowest BCUT2D eigenvalue weighted by Crippen LogP contribution is -2.29. The molecular weight excluding hydrogens is 474 g/mol. The van der Waals surface area contributed by atoms with Crippen LogP contribution in [0.15, 0.2) is 72.3 Å². The minimum absolute atomic E-state index is 0.149. The highest BCUT2D eigenvalue weighted by Gasteiger charge is 2.48. The number of benzene rings is 3. The van der Waals surface area contributed by atoms with E-state index in [1.807, 2.05) is 6.92 Å². The molecule has 1 saturated heterocycles. The van der Waals surface area contributed by atoms with Crippen molar-refractivity contribution in [2.75, 3.05) is 11.5 Å². The highest BCUT2D eigenvalue weighted by atomic mass is 32.1. The maximum absolute atomic E-state index is 14.2. The number of rotatable bonds is 5. The second kappa shape index (κ2) is 8.92. The number of halogens is 2. The van der Waals surface area contributed by atoms with Crippen molar-refractivity contribution < 1.29 is 28.2 Å². The maximum atomic E-state index is 14.2. The normalized spacial score (nSPS) is 17.3. The van der Waals surface area contributed by atoms with Gasteiger partial charge in [0.1, 0.15) is 23.1 Å². The van der Waals surface area contributed by atoms with Crippen LogP contribution in [0, 0.1) is 11.6 Å². The van der Waals surface area contributed by atoms with Crippen LogP contribution in [0.4, 0.5) is 13.9 Å². The SMILES string of the molecule is CCOc1ccc2nc(N3C(=O)C(=O)/C(=C(/O)c4ccc(F)cc4)[C@H]3c3cccc(F)c3)sc2c1. The first kappa shape index (κ1) is 22.7. The zero-order valence-corrected chi connectivity index (χ0v) is 19.2. The van der Waals surface area contributed by atoms with Gasteiger partial charge < -0.3 is 9.84 Å². The number of thiazole rings is 1. The molecule has 0 saturated carbocycles. The van der Waals surface area contributed by atoms with E-state index < -0.39 is 35.1 Å². The Labute approximate surface area is 202 Å². The number of ketones is 1. The number of Topliss-reactive ketones (excluding diaryl/α,β-unsaturated/α-hetero) is 1. The van der Waals surface area contributed by atoms with Crippen LogP contribution in [-0.2, 0) is 9.59 Å². The van der Waals surface area contributed by atoms with E-state index >= 15 is 0 Å². The minimum atomic E-state index is -1.14. The molecule has 0 unspecified atom stereocenters. The van der Waals surface area contributed by atoms with E-state index in [0.29, 0.717) is 17.9 Å². The molecule has 1 atom stereocenters. The number of aliphatic hydroxyl groups is 1. The quantitative estimate of drug-likeness (QED) is 0.223. The van der Waals surface area contributed by atoms with Crippen molar-refractivity contribution in [2.45, 2.75) is 13.0 Å². The highest BCUT2D eigenvalue weighted by molar-refractivity contribution is 7.22. The molecule has 3 aromatic carbocycles. The van der Waals surface area contributed by atoms with E-state index in [2.05, 4.69) is 4.98 Å². The summed E-state index contributed by atoms with van der Waals surface area (Å²) in [5, 5.41) is 11.2. The second-order valence-electron chi connectivity index (χ2n) is 7.79. The number of ether oxygens (including phenoxy) is 1. The molecule has 35 heavy (non-hydrogen) atoms. The summed E-state index contributed by atoms with van der Waals surface area (Å²) in [5.74, 6) is -2.80. The van der Waals surface area contributed by atoms with E-state index in [-0.39, 0.29) is 21.8 Å². The van der Waals surface area contributed by atoms with Crippen molar-refractivity contribution in [3.05, 3.63) is 95.1 Å². The molecule has 5 rings (SSSR count). The van der Waals surface area contributed by atoms with Crippen molar-refractivity contribution in [3.63, 3.8) is 0 Å². The molecule has 1 aliphatic rings. The Bertz CT molecular complexity index is 1500. The molecule has 2 heterocycles. The second-order valence-corrected chi connectivity index (χ2v) is 8.80. The number of amides is 1. The molecule has 176 valence electrons. The van der Waals surface area contributed by atoms with Gasteiger partial charge in [-0.2, -0.15) is 0 Å². The molecule has 1 aliphatic heterocycles. The van der Waals surface area contributed by atoms with Crippen LogP contribution in [0.25, 0.3) is 16.0 Å². The number of aromatic nitrogens is 1. The van der Waals surface area contributed by atoms with Gasteiger partial charge in [0.25, 0.3) is 5.78 Å². The largest absolute Gasteiger partial charge is 0.507 e. The molecule has 0 bridgehead atoms. The van der Waals surface area contributed by atoms with Gasteiger partial charge in [-0.05, 0) is 67.1 Å². The van der Waals surface area contributed by atoms with Crippen LogP contribution in [-0.4, -0.2) is 28.4 Å². The van der Waals surface area contributed by atoms with Crippen LogP contribution < -0.4 is 9.64 Å². The van der Waals surface area contributed by atoms with Crippen molar-refractivity contribution >= 4 is 44.1 Å². The van der Waals surface area contributed by atoms with Gasteiger partial charge in [0.2, 0.25) is 0 Å². The van der Waals surface area contributed by atoms with Gasteiger partial charge in [0, 0.05) is 5.56 Å². The van der Waals surface area contributed by atoms with Gasteiger partial charge >= 0.3 is 5.91 Å². The van der Waals surface area contributed by atoms with Crippen LogP contribution >= 0.6 is 11.3 Å². The summed E-state index contributed by atoms with van der Waals surface area (Å²) in [7, 11) is 0. The number of carbonyl (C=O) groups is 2. The number of nitrogens with zero attached hydrogens (tertiary/aromatic N) is 2. The summed E-state index contributed by atoms with van der Waals surface area (Å²) >= 11 is 1.17. The molecule has 0 radical (unpaired) electrons. The Morgan fingerprint density at radius 2 is 1.83 bits per heavy atom. The Morgan fingerprint density at radius 1 is 1.06 bits per heavy atom. The Balaban J connectivity index is 1.70. The van der Waals surface area contributed by atoms with E-state index in [9.17, 15) is 23.5 Å². The summed E-state index contributed by atoms with van der Waals surface area (Å²) in [5.41, 5.74) is 0.784. The molecule has 0 aliphatic carbocycles. The summed E-state index contributed by atoms with van der Waals surface area (Å²) < 4.78 is 33.9. The maximum Gasteiger partial charge on any atom is 0.301 e. The first-order valence-corrected chi connectivity index (χ1v) is 11.5. The van der Waals surface area contributed by atoms with Crippen molar-refractivity contribution in [3.8, 4) is 5.75 Å². The van der Waals surface area contributed by atoms with Crippen LogP contribution in [0.5, 0.6) is 5.75 Å². The molecule has 1 N–H and O–H groups in total. The Hall–Kier alpha value is -4.11. The fourth-order valence-corrected chi connectivity index (χ4v) is 5.06. The third-order valence-electron chi connectivity index (χ3n) is 5.59. The summed E-state index contributed by atoms with van der Waals surface area (Å²) in [6.07, 6.45) is 0. The standard InChI is InChI=1S/C26H18F2N2O4S/c1-2-34-18-10-11-19-20(13-18)35-26(29-19)30-22(15-4-3-5-17(28)12-15)21(24(32)25(30)33)23(31)14-6-8-16(27)9-7-14/h3-13,22,31H,2H2,1H3/b23-21+/t22-/m1/s1. The highest BCUT2D eigenvalue weighted by Crippen LogP contribution is 2.44. The number of hydrogen-bond acceptors (Lipinski definition) is 6. The van der Waals surface area contributed by atoms with Crippen molar-refractivity contribution in [2.24, 2.45) is 0 Å². The third kappa shape index (κ3) is 4.04. The smallest absolute Gasteiger partial charge is 0.301 e. The lowest BCUT2D eigenvalue weighted by Gasteiger charge is -2.23. The lowest BCUT2D eigenvalue weighted by atomic mass is 9.95. The zero-order valence-electron chi connectivity index (χ0n) is 18.4. The molecule has 1 amide bonds. The minimum Gasteiger partial charge on any atom is -0.507 e. The monoisotopic (exact) mass is 492 g/mol. The van der Waals surface area contributed by atoms with Gasteiger partial charge in [-0.15, -0.1) is 0 Å².